The third-order valence-corrected chi connectivity index (χ3v) is 3.68. The number of carbonyl (C=O) groups excluding carboxylic acids is 2. The Balaban J connectivity index is 2.17. The number of hydrogen-bond donors (Lipinski definition) is 0. The highest BCUT2D eigenvalue weighted by Crippen LogP contribution is 2.35. The highest BCUT2D eigenvalue weighted by atomic mass is 79.9. The molecular formula is C15H14BrNO4. The van der Waals surface area contributed by atoms with Gasteiger partial charge < -0.3 is 14.4 Å². The zero-order valence-corrected chi connectivity index (χ0v) is 13.1. The number of ether oxygens (including phenoxy) is 2. The quantitative estimate of drug-likeness (QED) is 0.614. The molecular weight excluding hydrogens is 338 g/mol. The maximum Gasteiger partial charge on any atom is 0.312 e. The molecule has 21 heavy (non-hydrogen) atoms. The van der Waals surface area contributed by atoms with Gasteiger partial charge in [-0.2, -0.15) is 0 Å². The van der Waals surface area contributed by atoms with Crippen molar-refractivity contribution in [3.63, 3.8) is 0 Å². The molecule has 0 spiro atoms. The summed E-state index contributed by atoms with van der Waals surface area (Å²) in [6, 6.07) is 5.36. The largest absolute Gasteiger partial charge is 0.495 e. The van der Waals surface area contributed by atoms with E-state index < -0.39 is 11.9 Å². The Morgan fingerprint density at radius 2 is 2.33 bits per heavy atom. The van der Waals surface area contributed by atoms with E-state index in [1.807, 2.05) is 6.07 Å². The van der Waals surface area contributed by atoms with Gasteiger partial charge in [0.05, 0.1) is 18.7 Å². The van der Waals surface area contributed by atoms with Crippen molar-refractivity contribution < 1.29 is 19.1 Å². The van der Waals surface area contributed by atoms with E-state index in [2.05, 4.69) is 21.9 Å². The van der Waals surface area contributed by atoms with Gasteiger partial charge in [0.25, 0.3) is 0 Å². The fourth-order valence-electron chi connectivity index (χ4n) is 2.20. The summed E-state index contributed by atoms with van der Waals surface area (Å²) in [6.07, 6.45) is 5.16. The van der Waals surface area contributed by atoms with E-state index in [0.29, 0.717) is 11.4 Å². The van der Waals surface area contributed by atoms with Crippen LogP contribution >= 0.6 is 15.9 Å². The Morgan fingerprint density at radius 1 is 1.57 bits per heavy atom. The van der Waals surface area contributed by atoms with Crippen LogP contribution in [-0.2, 0) is 14.3 Å². The van der Waals surface area contributed by atoms with Crippen molar-refractivity contribution in [2.75, 3.05) is 25.2 Å². The van der Waals surface area contributed by atoms with E-state index in [9.17, 15) is 9.59 Å². The molecule has 1 fully saturated rings. The van der Waals surface area contributed by atoms with E-state index in [-0.39, 0.29) is 25.5 Å². The Morgan fingerprint density at radius 3 is 3.00 bits per heavy atom. The lowest BCUT2D eigenvalue weighted by molar-refractivity contribution is -0.146. The van der Waals surface area contributed by atoms with E-state index in [4.69, 9.17) is 15.9 Å². The molecule has 0 aliphatic carbocycles. The predicted molar refractivity (Wildman–Crippen MR) is 80.9 cm³/mol. The molecule has 0 radical (unpaired) electrons. The molecule has 2 rings (SSSR count). The summed E-state index contributed by atoms with van der Waals surface area (Å²) >= 11 is 3.35. The summed E-state index contributed by atoms with van der Waals surface area (Å²) in [5.41, 5.74) is 0.637. The minimum Gasteiger partial charge on any atom is -0.495 e. The van der Waals surface area contributed by atoms with E-state index in [1.54, 1.807) is 12.1 Å². The third-order valence-electron chi connectivity index (χ3n) is 3.19. The second kappa shape index (κ2) is 6.64. The molecule has 0 aromatic heterocycles. The topological polar surface area (TPSA) is 55.8 Å². The Hall–Kier alpha value is -2.00. The minimum atomic E-state index is -0.501. The number of rotatable bonds is 4. The van der Waals surface area contributed by atoms with Gasteiger partial charge in [-0.25, -0.2) is 0 Å². The van der Waals surface area contributed by atoms with Crippen molar-refractivity contribution >= 4 is 33.5 Å². The molecule has 1 amide bonds. The van der Waals surface area contributed by atoms with Crippen molar-refractivity contribution in [2.24, 2.45) is 5.92 Å². The molecule has 1 aliphatic heterocycles. The molecule has 1 aromatic rings. The van der Waals surface area contributed by atoms with Gasteiger partial charge in [0.1, 0.15) is 5.75 Å². The monoisotopic (exact) mass is 351 g/mol. The molecule has 1 atom stereocenters. The fourth-order valence-corrected chi connectivity index (χ4v) is 2.54. The lowest BCUT2D eigenvalue weighted by Crippen LogP contribution is -2.26. The normalized spacial score (nSPS) is 17.5. The maximum absolute atomic E-state index is 12.1. The second-order valence-electron chi connectivity index (χ2n) is 4.53. The summed E-state index contributed by atoms with van der Waals surface area (Å²) in [4.78, 5) is 25.5. The second-order valence-corrected chi connectivity index (χ2v) is 5.45. The van der Waals surface area contributed by atoms with Crippen LogP contribution in [0.3, 0.4) is 0 Å². The highest BCUT2D eigenvalue weighted by molar-refractivity contribution is 9.10. The van der Waals surface area contributed by atoms with Crippen LogP contribution in [0.15, 0.2) is 22.7 Å². The van der Waals surface area contributed by atoms with Gasteiger partial charge in [-0.3, -0.25) is 9.59 Å². The van der Waals surface area contributed by atoms with Crippen molar-refractivity contribution in [1.82, 2.24) is 0 Å². The average molecular weight is 352 g/mol. The molecule has 0 N–H and O–H groups in total. The number of terminal acetylenes is 1. The number of nitrogens with zero attached hydrogens (tertiary/aromatic N) is 1. The van der Waals surface area contributed by atoms with Gasteiger partial charge in [-0.05, 0) is 18.2 Å². The molecule has 0 bridgehead atoms. The number of amides is 1. The average Bonchev–Trinajstić information content (AvgIpc) is 2.86. The van der Waals surface area contributed by atoms with Crippen LogP contribution in [0.1, 0.15) is 6.42 Å². The maximum atomic E-state index is 12.1. The predicted octanol–water partition coefficient (Wildman–Crippen LogP) is 1.99. The Labute approximate surface area is 131 Å². The molecule has 1 unspecified atom stereocenters. The first-order valence-corrected chi connectivity index (χ1v) is 7.10. The summed E-state index contributed by atoms with van der Waals surface area (Å²) in [6.45, 7) is 0.186. The zero-order chi connectivity index (χ0) is 15.4. The molecule has 5 nitrogen and oxygen atoms in total. The van der Waals surface area contributed by atoms with Crippen LogP contribution in [-0.4, -0.2) is 32.1 Å². The molecule has 1 heterocycles. The van der Waals surface area contributed by atoms with Crippen molar-refractivity contribution in [3.8, 4) is 18.1 Å². The Bertz CT molecular complexity index is 608. The summed E-state index contributed by atoms with van der Waals surface area (Å²) in [5, 5.41) is 0. The first-order chi connectivity index (χ1) is 10.1. The van der Waals surface area contributed by atoms with Gasteiger partial charge in [-0.15, -0.1) is 6.42 Å². The van der Waals surface area contributed by atoms with Crippen molar-refractivity contribution in [2.45, 2.75) is 6.42 Å². The number of methoxy groups -OCH3 is 1. The van der Waals surface area contributed by atoms with Crippen LogP contribution in [0.2, 0.25) is 0 Å². The zero-order valence-electron chi connectivity index (χ0n) is 11.5. The standard InChI is InChI=1S/C15H14BrNO4/c1-3-6-21-15(19)10-7-14(18)17(9-10)12-5-4-11(16)8-13(12)20-2/h1,4-5,8,10H,6-7,9H2,2H3. The van der Waals surface area contributed by atoms with Gasteiger partial charge >= 0.3 is 5.97 Å². The van der Waals surface area contributed by atoms with Crippen LogP contribution < -0.4 is 9.64 Å². The molecule has 110 valence electrons. The van der Waals surface area contributed by atoms with Crippen LogP contribution in [0, 0.1) is 18.3 Å². The molecule has 6 heteroatoms. The summed E-state index contributed by atoms with van der Waals surface area (Å²) in [7, 11) is 1.53. The van der Waals surface area contributed by atoms with E-state index in [1.165, 1.54) is 12.0 Å². The molecule has 0 saturated carbocycles. The molecule has 1 aliphatic rings. The number of esters is 1. The smallest absolute Gasteiger partial charge is 0.312 e. The number of halogens is 1. The summed E-state index contributed by atoms with van der Waals surface area (Å²) in [5.74, 6) is 1.71. The third kappa shape index (κ3) is 3.37. The lowest BCUT2D eigenvalue weighted by Gasteiger charge is -2.19. The summed E-state index contributed by atoms with van der Waals surface area (Å²) < 4.78 is 11.0. The van der Waals surface area contributed by atoms with Gasteiger partial charge in [0.15, 0.2) is 6.61 Å². The van der Waals surface area contributed by atoms with Gasteiger partial charge in [0, 0.05) is 17.4 Å². The molecule has 1 saturated heterocycles. The number of hydrogen-bond acceptors (Lipinski definition) is 4. The van der Waals surface area contributed by atoms with Crippen molar-refractivity contribution in [3.05, 3.63) is 22.7 Å². The SMILES string of the molecule is C#CCOC(=O)C1CC(=O)N(c2ccc(Br)cc2OC)C1. The van der Waals surface area contributed by atoms with Gasteiger partial charge in [0.2, 0.25) is 5.91 Å². The van der Waals surface area contributed by atoms with Crippen LogP contribution in [0.25, 0.3) is 0 Å². The lowest BCUT2D eigenvalue weighted by atomic mass is 10.1. The van der Waals surface area contributed by atoms with Crippen molar-refractivity contribution in [1.29, 1.82) is 0 Å². The van der Waals surface area contributed by atoms with Crippen LogP contribution in [0.4, 0.5) is 5.69 Å². The Kier molecular flexibility index (Phi) is 4.86. The number of anilines is 1. The first kappa shape index (κ1) is 15.4. The van der Waals surface area contributed by atoms with Crippen LogP contribution in [0.5, 0.6) is 5.75 Å². The minimum absolute atomic E-state index is 0.0782. The van der Waals surface area contributed by atoms with E-state index >= 15 is 0 Å². The highest BCUT2D eigenvalue weighted by Gasteiger charge is 2.37. The first-order valence-electron chi connectivity index (χ1n) is 6.30. The van der Waals surface area contributed by atoms with E-state index in [0.717, 1.165) is 4.47 Å². The molecule has 1 aromatic carbocycles. The number of carbonyl (C=O) groups is 2. The fraction of sp³-hybridized carbons (Fsp3) is 0.333. The number of benzene rings is 1. The van der Waals surface area contributed by atoms with Gasteiger partial charge in [-0.1, -0.05) is 21.9 Å².